The van der Waals surface area contributed by atoms with Crippen LogP contribution in [0.1, 0.15) is 5.56 Å². The minimum absolute atomic E-state index is 0.369. The Balaban J connectivity index is 2.44. The van der Waals surface area contributed by atoms with Gasteiger partial charge in [0.15, 0.2) is 0 Å². The van der Waals surface area contributed by atoms with Crippen LogP contribution in [0.15, 0.2) is 30.3 Å². The first-order valence-electron chi connectivity index (χ1n) is 4.36. The molecule has 1 aromatic rings. The molecular formula is C10H11ClN2O2. The summed E-state index contributed by atoms with van der Waals surface area (Å²) in [6, 6.07) is 8.88. The molecule has 1 rings (SSSR count). The van der Waals surface area contributed by atoms with Crippen molar-refractivity contribution < 1.29 is 9.59 Å². The summed E-state index contributed by atoms with van der Waals surface area (Å²) in [6.45, 7) is 0.369. The molecule has 0 radical (unpaired) electrons. The molecule has 0 aliphatic carbocycles. The van der Waals surface area contributed by atoms with E-state index in [2.05, 4.69) is 5.32 Å². The number of hydrogen-bond donors (Lipinski definition) is 1. The van der Waals surface area contributed by atoms with Gasteiger partial charge in [-0.15, -0.1) is 0 Å². The molecule has 5 heteroatoms. The molecule has 0 saturated heterocycles. The minimum Gasteiger partial charge on any atom is -0.334 e. The second-order valence-electron chi connectivity index (χ2n) is 2.96. The Kier molecular flexibility index (Phi) is 4.12. The van der Waals surface area contributed by atoms with Gasteiger partial charge < -0.3 is 5.32 Å². The maximum absolute atomic E-state index is 11.3. The number of halogens is 1. The number of nitrogens with zero attached hydrogens (tertiary/aromatic N) is 1. The summed E-state index contributed by atoms with van der Waals surface area (Å²) in [5, 5.41) is 1.76. The lowest BCUT2D eigenvalue weighted by Gasteiger charge is -2.12. The van der Waals surface area contributed by atoms with Crippen molar-refractivity contribution in [2.45, 2.75) is 6.54 Å². The molecule has 0 atom stereocenters. The van der Waals surface area contributed by atoms with Crippen molar-refractivity contribution in [1.29, 1.82) is 0 Å². The topological polar surface area (TPSA) is 49.4 Å². The largest absolute Gasteiger partial charge is 0.334 e. The SMILES string of the molecule is CN(C(=O)Cl)C(=O)NCc1ccccc1. The number of imide groups is 1. The molecule has 1 N–H and O–H groups in total. The van der Waals surface area contributed by atoms with E-state index in [1.807, 2.05) is 30.3 Å². The second kappa shape index (κ2) is 5.36. The average molecular weight is 227 g/mol. The first kappa shape index (κ1) is 11.5. The van der Waals surface area contributed by atoms with Gasteiger partial charge in [0.1, 0.15) is 0 Å². The lowest BCUT2D eigenvalue weighted by molar-refractivity contribution is 0.206. The predicted molar refractivity (Wildman–Crippen MR) is 57.7 cm³/mol. The molecule has 0 fully saturated rings. The van der Waals surface area contributed by atoms with E-state index >= 15 is 0 Å². The fourth-order valence-corrected chi connectivity index (χ4v) is 1.05. The zero-order valence-electron chi connectivity index (χ0n) is 8.24. The molecule has 80 valence electrons. The number of nitrogens with one attached hydrogen (secondary N) is 1. The van der Waals surface area contributed by atoms with Crippen molar-refractivity contribution in [3.05, 3.63) is 35.9 Å². The highest BCUT2D eigenvalue weighted by atomic mass is 35.5. The molecule has 0 aliphatic heterocycles. The zero-order valence-corrected chi connectivity index (χ0v) is 8.99. The Bertz CT molecular complexity index is 354. The van der Waals surface area contributed by atoms with Crippen LogP contribution in [0.4, 0.5) is 9.59 Å². The van der Waals surface area contributed by atoms with Crippen molar-refractivity contribution >= 4 is 23.0 Å². The monoisotopic (exact) mass is 226 g/mol. The smallest absolute Gasteiger partial charge is 0.325 e. The van der Waals surface area contributed by atoms with Crippen LogP contribution in [0.3, 0.4) is 0 Å². The van der Waals surface area contributed by atoms with E-state index in [4.69, 9.17) is 11.6 Å². The van der Waals surface area contributed by atoms with E-state index in [0.717, 1.165) is 10.5 Å². The zero-order chi connectivity index (χ0) is 11.3. The minimum atomic E-state index is -0.805. The van der Waals surface area contributed by atoms with Gasteiger partial charge in [-0.05, 0) is 17.2 Å². The van der Waals surface area contributed by atoms with Crippen molar-refractivity contribution in [2.24, 2.45) is 0 Å². The molecule has 0 aliphatic rings. The summed E-state index contributed by atoms with van der Waals surface area (Å²) in [7, 11) is 1.32. The first-order chi connectivity index (χ1) is 7.11. The normalized spacial score (nSPS) is 9.47. The van der Waals surface area contributed by atoms with E-state index in [1.54, 1.807) is 0 Å². The number of benzene rings is 1. The lowest BCUT2D eigenvalue weighted by atomic mass is 10.2. The van der Waals surface area contributed by atoms with E-state index in [-0.39, 0.29) is 0 Å². The Labute approximate surface area is 92.8 Å². The van der Waals surface area contributed by atoms with Crippen molar-refractivity contribution in [2.75, 3.05) is 7.05 Å². The molecule has 0 unspecified atom stereocenters. The predicted octanol–water partition coefficient (Wildman–Crippen LogP) is 2.19. The van der Waals surface area contributed by atoms with Gasteiger partial charge >= 0.3 is 11.4 Å². The standard InChI is InChI=1S/C10H11ClN2O2/c1-13(9(11)14)10(15)12-7-8-5-3-2-4-6-8/h2-6H,7H2,1H3,(H,12,15). The fourth-order valence-electron chi connectivity index (χ4n) is 0.972. The number of hydrogen-bond acceptors (Lipinski definition) is 2. The Morgan fingerprint density at radius 3 is 2.47 bits per heavy atom. The van der Waals surface area contributed by atoms with Gasteiger partial charge in [0.05, 0.1) is 0 Å². The molecule has 1 aromatic carbocycles. The fraction of sp³-hybridized carbons (Fsp3) is 0.200. The Morgan fingerprint density at radius 2 is 1.93 bits per heavy atom. The Hall–Kier alpha value is -1.55. The number of carbonyl (C=O) groups is 2. The molecule has 3 amide bonds. The quantitative estimate of drug-likeness (QED) is 0.621. The van der Waals surface area contributed by atoms with Gasteiger partial charge in [0, 0.05) is 13.6 Å². The first-order valence-corrected chi connectivity index (χ1v) is 4.74. The molecule has 0 spiro atoms. The molecule has 0 saturated carbocycles. The summed E-state index contributed by atoms with van der Waals surface area (Å²) in [4.78, 5) is 22.7. The van der Waals surface area contributed by atoms with E-state index in [1.165, 1.54) is 7.05 Å². The molecular weight excluding hydrogens is 216 g/mol. The van der Waals surface area contributed by atoms with Gasteiger partial charge in [-0.25, -0.2) is 4.79 Å². The molecule has 0 bridgehead atoms. The number of amides is 3. The van der Waals surface area contributed by atoms with Crippen LogP contribution < -0.4 is 5.32 Å². The number of carbonyl (C=O) groups excluding carboxylic acids is 2. The summed E-state index contributed by atoms with van der Waals surface area (Å²) >= 11 is 5.13. The van der Waals surface area contributed by atoms with Gasteiger partial charge in [0.25, 0.3) is 0 Å². The summed E-state index contributed by atoms with van der Waals surface area (Å²) < 4.78 is 0. The van der Waals surface area contributed by atoms with Crippen LogP contribution in [0.5, 0.6) is 0 Å². The van der Waals surface area contributed by atoms with Crippen LogP contribution in [0.2, 0.25) is 0 Å². The highest BCUT2D eigenvalue weighted by Crippen LogP contribution is 1.98. The van der Waals surface area contributed by atoms with Crippen LogP contribution in [-0.4, -0.2) is 23.3 Å². The summed E-state index contributed by atoms with van der Waals surface area (Å²) in [5.41, 5.74) is 0.960. The summed E-state index contributed by atoms with van der Waals surface area (Å²) in [6.07, 6.45) is 0. The van der Waals surface area contributed by atoms with Crippen molar-refractivity contribution in [3.8, 4) is 0 Å². The molecule has 15 heavy (non-hydrogen) atoms. The van der Waals surface area contributed by atoms with Gasteiger partial charge in [-0.3, -0.25) is 9.69 Å². The van der Waals surface area contributed by atoms with Crippen LogP contribution in [-0.2, 0) is 6.54 Å². The van der Waals surface area contributed by atoms with Crippen LogP contribution in [0.25, 0.3) is 0 Å². The number of rotatable bonds is 2. The molecule has 4 nitrogen and oxygen atoms in total. The van der Waals surface area contributed by atoms with E-state index < -0.39 is 11.4 Å². The van der Waals surface area contributed by atoms with Crippen LogP contribution >= 0.6 is 11.6 Å². The summed E-state index contributed by atoms with van der Waals surface area (Å²) in [5.74, 6) is 0. The number of urea groups is 1. The highest BCUT2D eigenvalue weighted by molar-refractivity contribution is 6.63. The van der Waals surface area contributed by atoms with Crippen LogP contribution in [0, 0.1) is 0 Å². The van der Waals surface area contributed by atoms with Gasteiger partial charge in [-0.2, -0.15) is 0 Å². The third-order valence-electron chi connectivity index (χ3n) is 1.85. The third-order valence-corrected chi connectivity index (χ3v) is 2.11. The van der Waals surface area contributed by atoms with E-state index in [0.29, 0.717) is 6.54 Å². The Morgan fingerprint density at radius 1 is 1.33 bits per heavy atom. The molecule has 0 heterocycles. The van der Waals surface area contributed by atoms with Gasteiger partial charge in [-0.1, -0.05) is 30.3 Å². The maximum Gasteiger partial charge on any atom is 0.325 e. The molecule has 0 aromatic heterocycles. The van der Waals surface area contributed by atoms with Crippen molar-refractivity contribution in [1.82, 2.24) is 10.2 Å². The maximum atomic E-state index is 11.3. The van der Waals surface area contributed by atoms with E-state index in [9.17, 15) is 9.59 Å². The average Bonchev–Trinajstić information content (AvgIpc) is 2.26. The second-order valence-corrected chi connectivity index (χ2v) is 3.28. The van der Waals surface area contributed by atoms with Crippen molar-refractivity contribution in [3.63, 3.8) is 0 Å². The third kappa shape index (κ3) is 3.59. The van der Waals surface area contributed by atoms with Gasteiger partial charge in [0.2, 0.25) is 0 Å². The highest BCUT2D eigenvalue weighted by Gasteiger charge is 2.13. The lowest BCUT2D eigenvalue weighted by Crippen LogP contribution is -2.38.